The van der Waals surface area contributed by atoms with Crippen molar-refractivity contribution in [2.45, 2.75) is 13.3 Å². The van der Waals surface area contributed by atoms with Crippen molar-refractivity contribution in [3.8, 4) is 12.0 Å². The molecule has 1 aromatic heterocycles. The third-order valence-electron chi connectivity index (χ3n) is 1.77. The van der Waals surface area contributed by atoms with Gasteiger partial charge < -0.3 is 19.5 Å². The second kappa shape index (κ2) is 7.61. The normalized spacial score (nSPS) is 10.1. The first kappa shape index (κ1) is 13.4. The first-order valence-electron chi connectivity index (χ1n) is 5.48. The van der Waals surface area contributed by atoms with E-state index in [1.165, 1.54) is 0 Å². The summed E-state index contributed by atoms with van der Waals surface area (Å²) in [5.41, 5.74) is 0. The Morgan fingerprint density at radius 2 is 1.65 bits per heavy atom. The van der Waals surface area contributed by atoms with E-state index in [0.717, 1.165) is 6.42 Å². The Morgan fingerprint density at radius 3 is 2.18 bits per heavy atom. The van der Waals surface area contributed by atoms with E-state index in [4.69, 9.17) is 14.2 Å². The SMILES string of the molecule is CCCOc1nc(NC)nc(OCCOC)n1. The average Bonchev–Trinajstić information content (AvgIpc) is 2.36. The van der Waals surface area contributed by atoms with E-state index in [2.05, 4.69) is 20.3 Å². The molecule has 0 spiro atoms. The van der Waals surface area contributed by atoms with Crippen molar-refractivity contribution in [3.05, 3.63) is 0 Å². The standard InChI is InChI=1S/C10H18N4O3/c1-4-5-16-9-12-8(11-2)13-10(14-9)17-7-6-15-3/h4-7H2,1-3H3,(H,11,12,13,14). The molecule has 0 aliphatic carbocycles. The van der Waals surface area contributed by atoms with Crippen LogP contribution in [0.1, 0.15) is 13.3 Å². The Hall–Kier alpha value is -1.63. The Labute approximate surface area is 101 Å². The van der Waals surface area contributed by atoms with Gasteiger partial charge in [-0.15, -0.1) is 4.98 Å². The van der Waals surface area contributed by atoms with E-state index < -0.39 is 0 Å². The Bertz CT molecular complexity index is 335. The number of ether oxygens (including phenoxy) is 3. The fraction of sp³-hybridized carbons (Fsp3) is 0.700. The van der Waals surface area contributed by atoms with Gasteiger partial charge >= 0.3 is 12.0 Å². The molecule has 1 rings (SSSR count). The van der Waals surface area contributed by atoms with Crippen LogP contribution in [0.25, 0.3) is 0 Å². The summed E-state index contributed by atoms with van der Waals surface area (Å²) in [7, 11) is 3.32. The molecule has 0 radical (unpaired) electrons. The number of aromatic nitrogens is 3. The lowest BCUT2D eigenvalue weighted by Gasteiger charge is -2.08. The summed E-state index contributed by atoms with van der Waals surface area (Å²) >= 11 is 0. The summed E-state index contributed by atoms with van der Waals surface area (Å²) in [5, 5.41) is 2.82. The van der Waals surface area contributed by atoms with Crippen molar-refractivity contribution in [1.82, 2.24) is 15.0 Å². The number of hydrogen-bond acceptors (Lipinski definition) is 7. The maximum Gasteiger partial charge on any atom is 0.324 e. The third-order valence-corrected chi connectivity index (χ3v) is 1.77. The first-order valence-corrected chi connectivity index (χ1v) is 5.48. The highest BCUT2D eigenvalue weighted by Gasteiger charge is 2.07. The molecule has 0 atom stereocenters. The minimum atomic E-state index is 0.229. The minimum Gasteiger partial charge on any atom is -0.463 e. The number of nitrogens with zero attached hydrogens (tertiary/aromatic N) is 3. The Kier molecular flexibility index (Phi) is 6.02. The van der Waals surface area contributed by atoms with Crippen LogP contribution in [0, 0.1) is 0 Å². The van der Waals surface area contributed by atoms with Crippen LogP contribution < -0.4 is 14.8 Å². The fourth-order valence-electron chi connectivity index (χ4n) is 0.989. The third kappa shape index (κ3) is 4.81. The summed E-state index contributed by atoms with van der Waals surface area (Å²) in [4.78, 5) is 12.1. The van der Waals surface area contributed by atoms with Gasteiger partial charge in [0.25, 0.3) is 0 Å². The lowest BCUT2D eigenvalue weighted by atomic mass is 10.5. The monoisotopic (exact) mass is 242 g/mol. The molecule has 0 bridgehead atoms. The van der Waals surface area contributed by atoms with Gasteiger partial charge in [0.2, 0.25) is 5.95 Å². The molecule has 1 aromatic rings. The zero-order valence-electron chi connectivity index (χ0n) is 10.4. The van der Waals surface area contributed by atoms with E-state index in [9.17, 15) is 0 Å². The lowest BCUT2D eigenvalue weighted by molar-refractivity contribution is 0.139. The molecule has 0 amide bonds. The Morgan fingerprint density at radius 1 is 1.00 bits per heavy atom. The quantitative estimate of drug-likeness (QED) is 0.673. The number of methoxy groups -OCH3 is 1. The molecule has 0 saturated heterocycles. The molecule has 0 unspecified atom stereocenters. The molecule has 1 N–H and O–H groups in total. The van der Waals surface area contributed by atoms with Crippen molar-refractivity contribution < 1.29 is 14.2 Å². The number of nitrogens with one attached hydrogen (secondary N) is 1. The van der Waals surface area contributed by atoms with E-state index in [1.807, 2.05) is 6.92 Å². The number of anilines is 1. The van der Waals surface area contributed by atoms with E-state index in [0.29, 0.717) is 25.8 Å². The van der Waals surface area contributed by atoms with Crippen LogP contribution in [0.3, 0.4) is 0 Å². The molecule has 1 heterocycles. The van der Waals surface area contributed by atoms with Crippen LogP contribution in [0.2, 0.25) is 0 Å². The molecule has 0 aromatic carbocycles. The predicted octanol–water partition coefficient (Wildman–Crippen LogP) is 0.727. The smallest absolute Gasteiger partial charge is 0.324 e. The summed E-state index contributed by atoms with van der Waals surface area (Å²) in [6.45, 7) is 3.43. The van der Waals surface area contributed by atoms with Gasteiger partial charge in [-0.1, -0.05) is 6.92 Å². The van der Waals surface area contributed by atoms with Crippen LogP contribution in [-0.4, -0.2) is 48.9 Å². The van der Waals surface area contributed by atoms with Gasteiger partial charge in [-0.3, -0.25) is 0 Å². The van der Waals surface area contributed by atoms with Crippen LogP contribution in [0.4, 0.5) is 5.95 Å². The van der Waals surface area contributed by atoms with Crippen LogP contribution in [0.5, 0.6) is 12.0 Å². The van der Waals surface area contributed by atoms with Gasteiger partial charge in [-0.2, -0.15) is 9.97 Å². The van der Waals surface area contributed by atoms with Gasteiger partial charge in [0.15, 0.2) is 0 Å². The largest absolute Gasteiger partial charge is 0.463 e. The first-order chi connectivity index (χ1) is 8.30. The molecule has 0 fully saturated rings. The second-order valence-corrected chi connectivity index (χ2v) is 3.16. The highest BCUT2D eigenvalue weighted by Crippen LogP contribution is 2.12. The summed E-state index contributed by atoms with van der Waals surface area (Å²) < 4.78 is 15.5. The average molecular weight is 242 g/mol. The molecule has 7 nitrogen and oxygen atoms in total. The zero-order valence-corrected chi connectivity index (χ0v) is 10.4. The molecular weight excluding hydrogens is 224 g/mol. The Balaban J connectivity index is 2.67. The molecule has 0 aliphatic rings. The van der Waals surface area contributed by atoms with Crippen molar-refractivity contribution in [1.29, 1.82) is 0 Å². The predicted molar refractivity (Wildman–Crippen MR) is 62.5 cm³/mol. The van der Waals surface area contributed by atoms with Gasteiger partial charge in [0.05, 0.1) is 13.2 Å². The van der Waals surface area contributed by atoms with Gasteiger partial charge in [-0.25, -0.2) is 0 Å². The van der Waals surface area contributed by atoms with Crippen molar-refractivity contribution >= 4 is 5.95 Å². The zero-order chi connectivity index (χ0) is 12.5. The maximum absolute atomic E-state index is 5.33. The fourth-order valence-corrected chi connectivity index (χ4v) is 0.989. The highest BCUT2D eigenvalue weighted by molar-refractivity contribution is 5.26. The van der Waals surface area contributed by atoms with Gasteiger partial charge in [-0.05, 0) is 6.42 Å². The topological polar surface area (TPSA) is 78.4 Å². The molecular formula is C10H18N4O3. The molecule has 0 aliphatic heterocycles. The molecule has 0 saturated carbocycles. The minimum absolute atomic E-state index is 0.229. The van der Waals surface area contributed by atoms with E-state index in [-0.39, 0.29) is 12.0 Å². The number of hydrogen-bond donors (Lipinski definition) is 1. The van der Waals surface area contributed by atoms with Crippen molar-refractivity contribution in [2.24, 2.45) is 0 Å². The van der Waals surface area contributed by atoms with Gasteiger partial charge in [0.1, 0.15) is 6.61 Å². The highest BCUT2D eigenvalue weighted by atomic mass is 16.5. The lowest BCUT2D eigenvalue weighted by Crippen LogP contribution is -2.10. The van der Waals surface area contributed by atoms with Gasteiger partial charge in [0, 0.05) is 14.2 Å². The maximum atomic E-state index is 5.33. The summed E-state index contributed by atoms with van der Waals surface area (Å²) in [6, 6.07) is 0.492. The number of rotatable bonds is 8. The van der Waals surface area contributed by atoms with E-state index in [1.54, 1.807) is 14.2 Å². The van der Waals surface area contributed by atoms with Crippen LogP contribution in [-0.2, 0) is 4.74 Å². The van der Waals surface area contributed by atoms with Crippen LogP contribution >= 0.6 is 0 Å². The summed E-state index contributed by atoms with van der Waals surface area (Å²) in [5.74, 6) is 0.415. The van der Waals surface area contributed by atoms with Crippen molar-refractivity contribution in [2.75, 3.05) is 39.3 Å². The van der Waals surface area contributed by atoms with E-state index >= 15 is 0 Å². The molecule has 7 heteroatoms. The summed E-state index contributed by atoms with van der Waals surface area (Å²) in [6.07, 6.45) is 0.889. The molecule has 96 valence electrons. The second-order valence-electron chi connectivity index (χ2n) is 3.16. The van der Waals surface area contributed by atoms with Crippen LogP contribution in [0.15, 0.2) is 0 Å². The molecule has 17 heavy (non-hydrogen) atoms. The van der Waals surface area contributed by atoms with Crippen molar-refractivity contribution in [3.63, 3.8) is 0 Å².